The molecule has 4 rings (SSSR count). The molecule has 2 heterocycles. The topological polar surface area (TPSA) is 54.9 Å². The fourth-order valence-corrected chi connectivity index (χ4v) is 3.39. The van der Waals surface area contributed by atoms with Gasteiger partial charge < -0.3 is 0 Å². The number of nitrogens with one attached hydrogen (secondary N) is 1. The molecule has 4 aromatic rings. The van der Waals surface area contributed by atoms with Crippen LogP contribution < -0.4 is 5.32 Å². The van der Waals surface area contributed by atoms with Gasteiger partial charge in [0.05, 0.1) is 22.5 Å². The molecule has 0 saturated heterocycles. The number of carbonyl (C=O) groups excluding carboxylic acids is 1. The first-order valence-corrected chi connectivity index (χ1v) is 8.87. The van der Waals surface area contributed by atoms with Crippen LogP contribution in [0.1, 0.15) is 16.1 Å². The summed E-state index contributed by atoms with van der Waals surface area (Å²) in [7, 11) is 0. The van der Waals surface area contributed by atoms with Crippen LogP contribution in [0, 0.1) is 12.7 Å². The summed E-state index contributed by atoms with van der Waals surface area (Å²) in [6.45, 7) is 1.88. The molecule has 0 aliphatic rings. The van der Waals surface area contributed by atoms with Crippen molar-refractivity contribution in [3.05, 3.63) is 77.1 Å². The summed E-state index contributed by atoms with van der Waals surface area (Å²) in [5, 5.41) is 6.03. The lowest BCUT2D eigenvalue weighted by Gasteiger charge is -2.09. The van der Waals surface area contributed by atoms with E-state index in [-0.39, 0.29) is 11.7 Å². The highest BCUT2D eigenvalue weighted by Gasteiger charge is 2.15. The van der Waals surface area contributed by atoms with Crippen molar-refractivity contribution < 1.29 is 9.18 Å². The van der Waals surface area contributed by atoms with E-state index < -0.39 is 0 Å². The number of para-hydroxylation sites is 1. The summed E-state index contributed by atoms with van der Waals surface area (Å²) >= 11 is 1.38. The molecule has 0 atom stereocenters. The third-order valence-corrected chi connectivity index (χ3v) is 4.82. The number of aromatic nitrogens is 2. The van der Waals surface area contributed by atoms with Crippen molar-refractivity contribution in [2.45, 2.75) is 6.92 Å². The average Bonchev–Trinajstić information content (AvgIpc) is 3.06. The second-order valence-electron chi connectivity index (χ2n) is 5.83. The second-order valence-corrected chi connectivity index (χ2v) is 6.69. The standard InChI is InChI=1S/C20H14FN3OS/c1-12-11-26-20(22-12)24-19(25)16-10-18(13-6-8-14(21)9-7-13)23-17-5-3-2-4-15(16)17/h2-11H,1H3,(H,22,24,25). The van der Waals surface area contributed by atoms with Gasteiger partial charge >= 0.3 is 0 Å². The predicted molar refractivity (Wildman–Crippen MR) is 102 cm³/mol. The van der Waals surface area contributed by atoms with Gasteiger partial charge in [-0.25, -0.2) is 14.4 Å². The summed E-state index contributed by atoms with van der Waals surface area (Å²) in [5.74, 6) is -0.562. The Bertz CT molecular complexity index is 1110. The lowest BCUT2D eigenvalue weighted by Crippen LogP contribution is -2.13. The average molecular weight is 363 g/mol. The molecule has 2 aromatic heterocycles. The van der Waals surface area contributed by atoms with Crippen molar-refractivity contribution in [3.8, 4) is 11.3 Å². The lowest BCUT2D eigenvalue weighted by atomic mass is 10.0. The van der Waals surface area contributed by atoms with Crippen LogP contribution >= 0.6 is 11.3 Å². The van der Waals surface area contributed by atoms with E-state index in [9.17, 15) is 9.18 Å². The number of benzene rings is 2. The number of amides is 1. The molecule has 1 amide bonds. The molecule has 0 aliphatic heterocycles. The number of aryl methyl sites for hydroxylation is 1. The Balaban J connectivity index is 1.81. The first-order chi connectivity index (χ1) is 12.6. The highest BCUT2D eigenvalue weighted by atomic mass is 32.1. The Morgan fingerprint density at radius 1 is 1.08 bits per heavy atom. The van der Waals surface area contributed by atoms with Crippen LogP contribution in [0.15, 0.2) is 60.0 Å². The Morgan fingerprint density at radius 3 is 2.58 bits per heavy atom. The SMILES string of the molecule is Cc1csc(NC(=O)c2cc(-c3ccc(F)cc3)nc3ccccc23)n1. The zero-order valence-electron chi connectivity index (χ0n) is 13.9. The summed E-state index contributed by atoms with van der Waals surface area (Å²) in [6.07, 6.45) is 0. The van der Waals surface area contributed by atoms with E-state index in [0.29, 0.717) is 21.9 Å². The van der Waals surface area contributed by atoms with Gasteiger partial charge in [-0.1, -0.05) is 18.2 Å². The maximum Gasteiger partial charge on any atom is 0.258 e. The fraction of sp³-hybridized carbons (Fsp3) is 0.0500. The van der Waals surface area contributed by atoms with Gasteiger partial charge in [0.15, 0.2) is 5.13 Å². The van der Waals surface area contributed by atoms with Gasteiger partial charge in [-0.2, -0.15) is 0 Å². The Kier molecular flexibility index (Phi) is 4.18. The summed E-state index contributed by atoms with van der Waals surface area (Å²) < 4.78 is 13.2. The summed E-state index contributed by atoms with van der Waals surface area (Å²) in [5.41, 5.74) is 3.43. The van der Waals surface area contributed by atoms with Crippen LogP contribution in [0.4, 0.5) is 9.52 Å². The molecule has 0 unspecified atom stereocenters. The van der Waals surface area contributed by atoms with Gasteiger partial charge in [0.1, 0.15) is 5.82 Å². The first-order valence-electron chi connectivity index (χ1n) is 7.99. The van der Waals surface area contributed by atoms with E-state index in [0.717, 1.165) is 16.6 Å². The Labute approximate surface area is 153 Å². The summed E-state index contributed by atoms with van der Waals surface area (Å²) in [6, 6.07) is 15.2. The largest absolute Gasteiger partial charge is 0.298 e. The molecule has 0 bridgehead atoms. The molecule has 4 nitrogen and oxygen atoms in total. The molecule has 0 radical (unpaired) electrons. The van der Waals surface area contributed by atoms with E-state index in [2.05, 4.69) is 15.3 Å². The first kappa shape index (κ1) is 16.4. The van der Waals surface area contributed by atoms with E-state index in [1.165, 1.54) is 23.5 Å². The van der Waals surface area contributed by atoms with Crippen molar-refractivity contribution in [3.63, 3.8) is 0 Å². The number of hydrogen-bond donors (Lipinski definition) is 1. The highest BCUT2D eigenvalue weighted by Crippen LogP contribution is 2.26. The summed E-state index contributed by atoms with van der Waals surface area (Å²) in [4.78, 5) is 21.7. The highest BCUT2D eigenvalue weighted by molar-refractivity contribution is 7.13. The van der Waals surface area contributed by atoms with Gasteiger partial charge in [-0.05, 0) is 43.3 Å². The molecule has 2 aromatic carbocycles. The quantitative estimate of drug-likeness (QED) is 0.554. The van der Waals surface area contributed by atoms with Gasteiger partial charge in [-0.3, -0.25) is 10.1 Å². The zero-order valence-corrected chi connectivity index (χ0v) is 14.7. The van der Waals surface area contributed by atoms with Gasteiger partial charge in [0.25, 0.3) is 5.91 Å². The monoisotopic (exact) mass is 363 g/mol. The van der Waals surface area contributed by atoms with E-state index in [4.69, 9.17) is 0 Å². The lowest BCUT2D eigenvalue weighted by molar-refractivity contribution is 0.102. The van der Waals surface area contributed by atoms with Crippen molar-refractivity contribution in [2.24, 2.45) is 0 Å². The Morgan fingerprint density at radius 2 is 1.85 bits per heavy atom. The third-order valence-electron chi connectivity index (χ3n) is 3.94. The minimum absolute atomic E-state index is 0.249. The number of nitrogens with zero attached hydrogens (tertiary/aromatic N) is 2. The van der Waals surface area contributed by atoms with E-state index in [1.807, 2.05) is 36.6 Å². The van der Waals surface area contributed by atoms with Gasteiger partial charge in [0.2, 0.25) is 0 Å². The van der Waals surface area contributed by atoms with Crippen molar-refractivity contribution in [1.82, 2.24) is 9.97 Å². The maximum absolute atomic E-state index is 13.2. The number of carbonyl (C=O) groups is 1. The van der Waals surface area contributed by atoms with Crippen molar-refractivity contribution in [2.75, 3.05) is 5.32 Å². The fourth-order valence-electron chi connectivity index (χ4n) is 2.71. The van der Waals surface area contributed by atoms with Crippen LogP contribution in [0.2, 0.25) is 0 Å². The van der Waals surface area contributed by atoms with Gasteiger partial charge in [-0.15, -0.1) is 11.3 Å². The Hall–Kier alpha value is -3.12. The molecule has 6 heteroatoms. The number of rotatable bonds is 3. The van der Waals surface area contributed by atoms with Crippen molar-refractivity contribution in [1.29, 1.82) is 0 Å². The molecule has 0 spiro atoms. The molecular weight excluding hydrogens is 349 g/mol. The number of hydrogen-bond acceptors (Lipinski definition) is 4. The van der Waals surface area contributed by atoms with E-state index in [1.54, 1.807) is 18.2 Å². The van der Waals surface area contributed by atoms with Crippen LogP contribution in [0.5, 0.6) is 0 Å². The number of anilines is 1. The normalized spacial score (nSPS) is 10.8. The molecule has 128 valence electrons. The molecule has 0 fully saturated rings. The van der Waals surface area contributed by atoms with Gasteiger partial charge in [0, 0.05) is 16.3 Å². The third kappa shape index (κ3) is 3.19. The number of halogens is 1. The predicted octanol–water partition coefficient (Wildman–Crippen LogP) is 5.06. The molecule has 0 saturated carbocycles. The van der Waals surface area contributed by atoms with Crippen LogP contribution in [0.3, 0.4) is 0 Å². The smallest absolute Gasteiger partial charge is 0.258 e. The van der Waals surface area contributed by atoms with E-state index >= 15 is 0 Å². The van der Waals surface area contributed by atoms with Crippen molar-refractivity contribution >= 4 is 33.3 Å². The molecule has 0 aliphatic carbocycles. The molecule has 26 heavy (non-hydrogen) atoms. The number of fused-ring (bicyclic) bond motifs is 1. The van der Waals surface area contributed by atoms with Crippen LogP contribution in [-0.2, 0) is 0 Å². The van der Waals surface area contributed by atoms with Crippen LogP contribution in [0.25, 0.3) is 22.2 Å². The molecule has 1 N–H and O–H groups in total. The minimum atomic E-state index is -0.313. The number of pyridine rings is 1. The minimum Gasteiger partial charge on any atom is -0.298 e. The molecular formula is C20H14FN3OS. The maximum atomic E-state index is 13.2. The van der Waals surface area contributed by atoms with Crippen LogP contribution in [-0.4, -0.2) is 15.9 Å². The zero-order chi connectivity index (χ0) is 18.1. The number of thiazole rings is 1. The second kappa shape index (κ2) is 6.65.